The number of carbonyl (C=O) groups excluding carboxylic acids is 1. The molecular weight excluding hydrogens is 339 g/mol. The zero-order valence-electron chi connectivity index (χ0n) is 12.7. The smallest absolute Gasteiger partial charge is 0.270 e. The van der Waals surface area contributed by atoms with E-state index in [1.54, 1.807) is 0 Å². The maximum atomic E-state index is 13.9. The summed E-state index contributed by atoms with van der Waals surface area (Å²) in [6.07, 6.45) is -1.20. The lowest BCUT2D eigenvalue weighted by Gasteiger charge is -2.26. The molecule has 1 amide bonds. The topological polar surface area (TPSA) is 108 Å². The molecule has 1 saturated heterocycles. The SMILES string of the molecule is CN(C(=O)c1cc(=O)c2cccc(F)c2[nH]1)[C@H]1CS(=O)(=O)C[C@@H]1O. The van der Waals surface area contributed by atoms with Crippen LogP contribution in [0.25, 0.3) is 10.9 Å². The average molecular weight is 354 g/mol. The van der Waals surface area contributed by atoms with Gasteiger partial charge in [-0.25, -0.2) is 12.8 Å². The number of aliphatic hydroxyl groups is 1. The summed E-state index contributed by atoms with van der Waals surface area (Å²) < 4.78 is 37.0. The first-order valence-electron chi connectivity index (χ1n) is 7.17. The highest BCUT2D eigenvalue weighted by Gasteiger charge is 2.40. The lowest BCUT2D eigenvalue weighted by atomic mass is 10.1. The van der Waals surface area contributed by atoms with Gasteiger partial charge in [0.15, 0.2) is 15.3 Å². The summed E-state index contributed by atoms with van der Waals surface area (Å²) in [5, 5.41) is 9.97. The zero-order valence-corrected chi connectivity index (χ0v) is 13.5. The molecule has 0 aliphatic carbocycles. The van der Waals surface area contributed by atoms with Gasteiger partial charge in [0.1, 0.15) is 11.5 Å². The van der Waals surface area contributed by atoms with Crippen LogP contribution in [0.2, 0.25) is 0 Å². The number of para-hydroxylation sites is 1. The van der Waals surface area contributed by atoms with Gasteiger partial charge in [0.2, 0.25) is 0 Å². The highest BCUT2D eigenvalue weighted by molar-refractivity contribution is 7.91. The minimum atomic E-state index is -3.43. The molecule has 24 heavy (non-hydrogen) atoms. The molecule has 0 spiro atoms. The summed E-state index contributed by atoms with van der Waals surface area (Å²) in [6.45, 7) is 0. The summed E-state index contributed by atoms with van der Waals surface area (Å²) in [6, 6.07) is 4.10. The van der Waals surface area contributed by atoms with E-state index in [2.05, 4.69) is 4.98 Å². The zero-order chi connectivity index (χ0) is 17.6. The predicted molar refractivity (Wildman–Crippen MR) is 85.1 cm³/mol. The number of sulfone groups is 1. The van der Waals surface area contributed by atoms with E-state index in [1.165, 1.54) is 19.2 Å². The molecule has 1 fully saturated rings. The summed E-state index contributed by atoms with van der Waals surface area (Å²) in [7, 11) is -2.10. The van der Waals surface area contributed by atoms with Gasteiger partial charge < -0.3 is 15.0 Å². The molecule has 1 aliphatic heterocycles. The number of H-pyrrole nitrogens is 1. The van der Waals surface area contributed by atoms with Crippen molar-refractivity contribution < 1.29 is 22.7 Å². The fraction of sp³-hybridized carbons (Fsp3) is 0.333. The molecule has 2 N–H and O–H groups in total. The van der Waals surface area contributed by atoms with Gasteiger partial charge in [-0.3, -0.25) is 9.59 Å². The highest BCUT2D eigenvalue weighted by atomic mass is 32.2. The molecular formula is C15H15FN2O5S. The van der Waals surface area contributed by atoms with Crippen molar-refractivity contribution in [2.45, 2.75) is 12.1 Å². The maximum Gasteiger partial charge on any atom is 0.270 e. The van der Waals surface area contributed by atoms with Crippen LogP contribution >= 0.6 is 0 Å². The first kappa shape index (κ1) is 16.6. The second-order valence-electron chi connectivity index (χ2n) is 5.84. The number of nitrogens with zero attached hydrogens (tertiary/aromatic N) is 1. The van der Waals surface area contributed by atoms with Crippen LogP contribution in [0.3, 0.4) is 0 Å². The van der Waals surface area contributed by atoms with Crippen LogP contribution in [-0.2, 0) is 9.84 Å². The third-order valence-electron chi connectivity index (χ3n) is 4.16. The van der Waals surface area contributed by atoms with E-state index in [1.807, 2.05) is 0 Å². The fourth-order valence-electron chi connectivity index (χ4n) is 2.87. The second-order valence-corrected chi connectivity index (χ2v) is 7.99. The Labute approximate surface area is 136 Å². The number of hydrogen-bond donors (Lipinski definition) is 2. The average Bonchev–Trinajstić information content (AvgIpc) is 2.79. The van der Waals surface area contributed by atoms with Crippen LogP contribution < -0.4 is 5.43 Å². The summed E-state index contributed by atoms with van der Waals surface area (Å²) in [4.78, 5) is 28.2. The number of hydrogen-bond acceptors (Lipinski definition) is 5. The Balaban J connectivity index is 2.00. The van der Waals surface area contributed by atoms with Crippen molar-refractivity contribution in [3.63, 3.8) is 0 Å². The molecule has 2 aromatic rings. The van der Waals surface area contributed by atoms with Crippen molar-refractivity contribution in [1.82, 2.24) is 9.88 Å². The monoisotopic (exact) mass is 354 g/mol. The van der Waals surface area contributed by atoms with E-state index in [4.69, 9.17) is 0 Å². The largest absolute Gasteiger partial charge is 0.390 e. The Kier molecular flexibility index (Phi) is 3.92. The molecule has 7 nitrogen and oxygen atoms in total. The fourth-order valence-corrected chi connectivity index (χ4v) is 4.72. The Morgan fingerprint density at radius 3 is 2.71 bits per heavy atom. The number of halogens is 1. The van der Waals surface area contributed by atoms with Crippen LogP contribution in [0.15, 0.2) is 29.1 Å². The lowest BCUT2D eigenvalue weighted by Crippen LogP contribution is -2.44. The molecule has 3 rings (SSSR count). The number of aliphatic hydroxyl groups excluding tert-OH is 1. The van der Waals surface area contributed by atoms with Crippen LogP contribution in [0.1, 0.15) is 10.5 Å². The minimum absolute atomic E-state index is 0.0960. The molecule has 0 unspecified atom stereocenters. The van der Waals surface area contributed by atoms with Gasteiger partial charge in [0.25, 0.3) is 5.91 Å². The van der Waals surface area contributed by atoms with E-state index < -0.39 is 44.9 Å². The Morgan fingerprint density at radius 1 is 1.38 bits per heavy atom. The first-order chi connectivity index (χ1) is 11.2. The van der Waals surface area contributed by atoms with Crippen LogP contribution in [0.4, 0.5) is 4.39 Å². The molecule has 128 valence electrons. The number of rotatable bonds is 2. The Hall–Kier alpha value is -2.26. The molecule has 1 aromatic heterocycles. The van der Waals surface area contributed by atoms with Gasteiger partial charge in [-0.15, -0.1) is 0 Å². The van der Waals surface area contributed by atoms with Crippen molar-refractivity contribution in [2.24, 2.45) is 0 Å². The number of pyridine rings is 1. The van der Waals surface area contributed by atoms with Crippen LogP contribution in [0, 0.1) is 5.82 Å². The molecule has 1 aliphatic rings. The third-order valence-corrected chi connectivity index (χ3v) is 5.85. The van der Waals surface area contributed by atoms with Crippen molar-refractivity contribution in [2.75, 3.05) is 18.6 Å². The van der Waals surface area contributed by atoms with E-state index in [9.17, 15) is 27.5 Å². The molecule has 0 saturated carbocycles. The van der Waals surface area contributed by atoms with E-state index in [0.29, 0.717) is 0 Å². The lowest BCUT2D eigenvalue weighted by molar-refractivity contribution is 0.0576. The van der Waals surface area contributed by atoms with Crippen molar-refractivity contribution in [3.8, 4) is 0 Å². The number of amides is 1. The first-order valence-corrected chi connectivity index (χ1v) is 8.99. The van der Waals surface area contributed by atoms with Gasteiger partial charge >= 0.3 is 0 Å². The molecule has 2 atom stereocenters. The van der Waals surface area contributed by atoms with Crippen molar-refractivity contribution in [1.29, 1.82) is 0 Å². The summed E-state index contributed by atoms with van der Waals surface area (Å²) >= 11 is 0. The normalized spacial score (nSPS) is 22.6. The van der Waals surface area contributed by atoms with Gasteiger partial charge in [0.05, 0.1) is 29.2 Å². The van der Waals surface area contributed by atoms with E-state index in [0.717, 1.165) is 17.0 Å². The van der Waals surface area contributed by atoms with Gasteiger partial charge in [0, 0.05) is 18.5 Å². The van der Waals surface area contributed by atoms with Crippen LogP contribution in [-0.4, -0.2) is 60.0 Å². The van der Waals surface area contributed by atoms with Gasteiger partial charge in [-0.1, -0.05) is 6.07 Å². The van der Waals surface area contributed by atoms with Crippen molar-refractivity contribution >= 4 is 26.6 Å². The quantitative estimate of drug-likeness (QED) is 0.783. The summed E-state index contributed by atoms with van der Waals surface area (Å²) in [5.41, 5.74) is -0.794. The second kappa shape index (κ2) is 5.67. The molecule has 9 heteroatoms. The van der Waals surface area contributed by atoms with Crippen LogP contribution in [0.5, 0.6) is 0 Å². The van der Waals surface area contributed by atoms with Gasteiger partial charge in [-0.2, -0.15) is 0 Å². The highest BCUT2D eigenvalue weighted by Crippen LogP contribution is 2.19. The molecule has 0 radical (unpaired) electrons. The standard InChI is InChI=1S/C15H15FN2O5S/c1-18(11-6-24(22,23)7-13(11)20)15(21)10-5-12(19)8-3-2-4-9(16)14(8)17-10/h2-5,11,13,20H,6-7H2,1H3,(H,17,19)/t11-,13-/m0/s1. The van der Waals surface area contributed by atoms with E-state index >= 15 is 0 Å². The summed E-state index contributed by atoms with van der Waals surface area (Å²) in [5.74, 6) is -2.15. The number of carbonyl (C=O) groups is 1. The number of likely N-dealkylation sites (N-methyl/N-ethyl adjacent to an activating group) is 1. The van der Waals surface area contributed by atoms with E-state index in [-0.39, 0.29) is 22.3 Å². The minimum Gasteiger partial charge on any atom is -0.390 e. The molecule has 2 heterocycles. The molecule has 1 aromatic carbocycles. The van der Waals surface area contributed by atoms with Gasteiger partial charge in [-0.05, 0) is 12.1 Å². The molecule has 0 bridgehead atoms. The Bertz CT molecular complexity index is 985. The Morgan fingerprint density at radius 2 is 2.08 bits per heavy atom. The number of aromatic amines is 1. The number of fused-ring (bicyclic) bond motifs is 1. The predicted octanol–water partition coefficient (Wildman–Crippen LogP) is -0.103. The van der Waals surface area contributed by atoms with Crippen molar-refractivity contribution in [3.05, 3.63) is 46.0 Å². The number of benzene rings is 1. The third kappa shape index (κ3) is 2.80. The maximum absolute atomic E-state index is 13.9. The number of aromatic nitrogens is 1. The number of nitrogens with one attached hydrogen (secondary N) is 1.